The number of nitrogens with one attached hydrogen (secondary N) is 1. The highest BCUT2D eigenvalue weighted by atomic mass is 16.5. The van der Waals surface area contributed by atoms with Crippen LogP contribution >= 0.6 is 0 Å². The second-order valence-electron chi connectivity index (χ2n) is 5.02. The molecule has 0 radical (unpaired) electrons. The summed E-state index contributed by atoms with van der Waals surface area (Å²) in [6.45, 7) is 9.60. The Morgan fingerprint density at radius 1 is 1.29 bits per heavy atom. The standard InChI is InChI=1S/C12H25NO/c1-10(2)4-6-14-7-5-13-12-8-11(3)9-12/h10-13H,4-9H2,1-3H3. The summed E-state index contributed by atoms with van der Waals surface area (Å²) in [7, 11) is 0. The van der Waals surface area contributed by atoms with E-state index in [9.17, 15) is 0 Å². The van der Waals surface area contributed by atoms with Crippen LogP contribution in [0.3, 0.4) is 0 Å². The molecule has 1 fully saturated rings. The van der Waals surface area contributed by atoms with Gasteiger partial charge in [0.25, 0.3) is 0 Å². The van der Waals surface area contributed by atoms with Crippen molar-refractivity contribution >= 4 is 0 Å². The minimum absolute atomic E-state index is 0.760. The molecule has 0 bridgehead atoms. The second kappa shape index (κ2) is 6.41. The minimum atomic E-state index is 0.760. The highest BCUT2D eigenvalue weighted by Gasteiger charge is 2.23. The molecule has 0 unspecified atom stereocenters. The van der Waals surface area contributed by atoms with Crippen molar-refractivity contribution in [1.82, 2.24) is 5.32 Å². The summed E-state index contributed by atoms with van der Waals surface area (Å²) in [5.41, 5.74) is 0. The monoisotopic (exact) mass is 199 g/mol. The van der Waals surface area contributed by atoms with Gasteiger partial charge in [0.05, 0.1) is 6.61 Å². The van der Waals surface area contributed by atoms with Gasteiger partial charge in [-0.25, -0.2) is 0 Å². The summed E-state index contributed by atoms with van der Waals surface area (Å²) >= 11 is 0. The lowest BCUT2D eigenvalue weighted by molar-refractivity contribution is 0.116. The van der Waals surface area contributed by atoms with E-state index >= 15 is 0 Å². The van der Waals surface area contributed by atoms with Gasteiger partial charge in [-0.05, 0) is 31.1 Å². The number of hydrogen-bond donors (Lipinski definition) is 1. The molecule has 0 saturated heterocycles. The fourth-order valence-electron chi connectivity index (χ4n) is 1.83. The van der Waals surface area contributed by atoms with Gasteiger partial charge in [0.1, 0.15) is 0 Å². The first-order chi connectivity index (χ1) is 6.68. The van der Waals surface area contributed by atoms with Crippen LogP contribution in [0.5, 0.6) is 0 Å². The molecule has 0 aromatic rings. The predicted molar refractivity (Wildman–Crippen MR) is 60.5 cm³/mol. The van der Waals surface area contributed by atoms with E-state index in [-0.39, 0.29) is 0 Å². The molecule has 0 aliphatic heterocycles. The first-order valence-corrected chi connectivity index (χ1v) is 5.99. The van der Waals surface area contributed by atoms with Crippen LogP contribution in [0, 0.1) is 11.8 Å². The number of hydrogen-bond acceptors (Lipinski definition) is 2. The van der Waals surface area contributed by atoms with E-state index in [1.165, 1.54) is 19.3 Å². The lowest BCUT2D eigenvalue weighted by atomic mass is 9.82. The van der Waals surface area contributed by atoms with E-state index < -0.39 is 0 Å². The normalized spacial score (nSPS) is 26.6. The highest BCUT2D eigenvalue weighted by Crippen LogP contribution is 2.25. The molecule has 0 amide bonds. The van der Waals surface area contributed by atoms with Gasteiger partial charge < -0.3 is 10.1 Å². The summed E-state index contributed by atoms with van der Waals surface area (Å²) < 4.78 is 5.53. The Morgan fingerprint density at radius 2 is 2.00 bits per heavy atom. The molecule has 1 rings (SSSR count). The topological polar surface area (TPSA) is 21.3 Å². The summed E-state index contributed by atoms with van der Waals surface area (Å²) in [6, 6.07) is 0.777. The molecule has 1 N–H and O–H groups in total. The maximum Gasteiger partial charge on any atom is 0.0591 e. The fraction of sp³-hybridized carbons (Fsp3) is 1.00. The van der Waals surface area contributed by atoms with Crippen LogP contribution in [-0.4, -0.2) is 25.8 Å². The fourth-order valence-corrected chi connectivity index (χ4v) is 1.83. The number of ether oxygens (including phenoxy) is 1. The number of rotatable bonds is 7. The third kappa shape index (κ3) is 4.97. The van der Waals surface area contributed by atoms with Gasteiger partial charge in [-0.1, -0.05) is 20.8 Å². The molecule has 0 aromatic heterocycles. The Hall–Kier alpha value is -0.0800. The largest absolute Gasteiger partial charge is 0.380 e. The van der Waals surface area contributed by atoms with Crippen molar-refractivity contribution < 1.29 is 4.74 Å². The second-order valence-corrected chi connectivity index (χ2v) is 5.02. The lowest BCUT2D eigenvalue weighted by Gasteiger charge is -2.33. The molecule has 0 atom stereocenters. The lowest BCUT2D eigenvalue weighted by Crippen LogP contribution is -2.41. The van der Waals surface area contributed by atoms with Gasteiger partial charge in [0.2, 0.25) is 0 Å². The van der Waals surface area contributed by atoms with E-state index in [4.69, 9.17) is 4.74 Å². The van der Waals surface area contributed by atoms with Crippen LogP contribution in [0.2, 0.25) is 0 Å². The van der Waals surface area contributed by atoms with Gasteiger partial charge in [-0.2, -0.15) is 0 Å². The minimum Gasteiger partial charge on any atom is -0.380 e. The first kappa shape index (κ1) is 12.0. The van der Waals surface area contributed by atoms with Gasteiger partial charge in [-0.15, -0.1) is 0 Å². The van der Waals surface area contributed by atoms with Crippen LogP contribution in [0.15, 0.2) is 0 Å². The Kier molecular flexibility index (Phi) is 5.49. The Morgan fingerprint density at radius 3 is 2.57 bits per heavy atom. The van der Waals surface area contributed by atoms with E-state index in [0.717, 1.165) is 37.6 Å². The summed E-state index contributed by atoms with van der Waals surface area (Å²) in [6.07, 6.45) is 3.89. The summed E-state index contributed by atoms with van der Waals surface area (Å²) in [5, 5.41) is 3.51. The highest BCUT2D eigenvalue weighted by molar-refractivity contribution is 4.81. The van der Waals surface area contributed by atoms with Crippen molar-refractivity contribution in [3.63, 3.8) is 0 Å². The maximum absolute atomic E-state index is 5.53. The molecular formula is C12H25NO. The van der Waals surface area contributed by atoms with Crippen molar-refractivity contribution in [1.29, 1.82) is 0 Å². The molecule has 2 heteroatoms. The van der Waals surface area contributed by atoms with Crippen LogP contribution in [0.1, 0.15) is 40.0 Å². The zero-order valence-corrected chi connectivity index (χ0v) is 9.88. The molecule has 1 aliphatic rings. The Bertz CT molecular complexity index is 141. The van der Waals surface area contributed by atoms with Crippen LogP contribution in [0.25, 0.3) is 0 Å². The van der Waals surface area contributed by atoms with Gasteiger partial charge in [0, 0.05) is 19.2 Å². The van der Waals surface area contributed by atoms with E-state index in [2.05, 4.69) is 26.1 Å². The average Bonchev–Trinajstić information content (AvgIpc) is 2.07. The van der Waals surface area contributed by atoms with Crippen molar-refractivity contribution in [2.24, 2.45) is 11.8 Å². The zero-order chi connectivity index (χ0) is 10.4. The maximum atomic E-state index is 5.53. The third-order valence-electron chi connectivity index (χ3n) is 2.89. The summed E-state index contributed by atoms with van der Waals surface area (Å²) in [5.74, 6) is 1.70. The molecule has 84 valence electrons. The summed E-state index contributed by atoms with van der Waals surface area (Å²) in [4.78, 5) is 0. The van der Waals surface area contributed by atoms with Crippen molar-refractivity contribution in [3.05, 3.63) is 0 Å². The molecule has 0 spiro atoms. The van der Waals surface area contributed by atoms with Gasteiger partial charge >= 0.3 is 0 Å². The van der Waals surface area contributed by atoms with E-state index in [1.54, 1.807) is 0 Å². The third-order valence-corrected chi connectivity index (χ3v) is 2.89. The Balaban J connectivity index is 1.76. The van der Waals surface area contributed by atoms with Gasteiger partial charge in [-0.3, -0.25) is 0 Å². The van der Waals surface area contributed by atoms with Crippen molar-refractivity contribution in [3.8, 4) is 0 Å². The molecule has 1 saturated carbocycles. The molecule has 0 aromatic carbocycles. The van der Waals surface area contributed by atoms with Crippen molar-refractivity contribution in [2.75, 3.05) is 19.8 Å². The zero-order valence-electron chi connectivity index (χ0n) is 9.88. The predicted octanol–water partition coefficient (Wildman–Crippen LogP) is 2.44. The first-order valence-electron chi connectivity index (χ1n) is 5.99. The Labute approximate surface area is 88.4 Å². The van der Waals surface area contributed by atoms with E-state index in [0.29, 0.717) is 0 Å². The SMILES string of the molecule is CC(C)CCOCCNC1CC(C)C1. The van der Waals surface area contributed by atoms with Crippen LogP contribution in [0.4, 0.5) is 0 Å². The van der Waals surface area contributed by atoms with Gasteiger partial charge in [0.15, 0.2) is 0 Å². The van der Waals surface area contributed by atoms with E-state index in [1.807, 2.05) is 0 Å². The smallest absolute Gasteiger partial charge is 0.0591 e. The molecule has 2 nitrogen and oxygen atoms in total. The average molecular weight is 199 g/mol. The quantitative estimate of drug-likeness (QED) is 0.636. The molecule has 14 heavy (non-hydrogen) atoms. The van der Waals surface area contributed by atoms with Crippen LogP contribution < -0.4 is 5.32 Å². The molecule has 1 aliphatic carbocycles. The molecular weight excluding hydrogens is 174 g/mol. The van der Waals surface area contributed by atoms with Crippen LogP contribution in [-0.2, 0) is 4.74 Å². The molecule has 0 heterocycles. The van der Waals surface area contributed by atoms with Crippen molar-refractivity contribution in [2.45, 2.75) is 46.1 Å².